The van der Waals surface area contributed by atoms with E-state index in [-0.39, 0.29) is 5.91 Å². The van der Waals surface area contributed by atoms with Crippen LogP contribution in [0.3, 0.4) is 0 Å². The monoisotopic (exact) mass is 305 g/mol. The largest absolute Gasteiger partial charge is 0.389 e. The summed E-state index contributed by atoms with van der Waals surface area (Å²) in [7, 11) is 0. The Labute approximate surface area is 131 Å². The van der Waals surface area contributed by atoms with Crippen LogP contribution in [0.25, 0.3) is 0 Å². The Morgan fingerprint density at radius 3 is 2.81 bits per heavy atom. The molecule has 1 amide bonds. The molecule has 1 aliphatic rings. The maximum atomic E-state index is 12.2. The molecule has 0 radical (unpaired) electrons. The molecule has 1 atom stereocenters. The van der Waals surface area contributed by atoms with Crippen LogP contribution in [0.2, 0.25) is 0 Å². The lowest BCUT2D eigenvalue weighted by Crippen LogP contribution is -2.32. The zero-order valence-corrected chi connectivity index (χ0v) is 13.5. The summed E-state index contributed by atoms with van der Waals surface area (Å²) in [5, 5.41) is 2.91. The molecule has 4 nitrogen and oxygen atoms in total. The third kappa shape index (κ3) is 4.25. The second kappa shape index (κ2) is 7.00. The SMILES string of the molecule is CC(C)C1CCN(CC(=O)Nc2ccccc2C(N)=S)C1. The zero-order valence-electron chi connectivity index (χ0n) is 12.6. The summed E-state index contributed by atoms with van der Waals surface area (Å²) in [6.45, 7) is 6.91. The number of nitrogens with one attached hydrogen (secondary N) is 1. The Morgan fingerprint density at radius 2 is 2.19 bits per heavy atom. The van der Waals surface area contributed by atoms with E-state index in [4.69, 9.17) is 18.0 Å². The number of carbonyl (C=O) groups is 1. The van der Waals surface area contributed by atoms with E-state index in [1.54, 1.807) is 0 Å². The van der Waals surface area contributed by atoms with Gasteiger partial charge in [0.2, 0.25) is 5.91 Å². The van der Waals surface area contributed by atoms with Gasteiger partial charge in [0.05, 0.1) is 12.2 Å². The lowest BCUT2D eigenvalue weighted by atomic mass is 9.95. The van der Waals surface area contributed by atoms with Crippen molar-refractivity contribution in [1.82, 2.24) is 4.90 Å². The van der Waals surface area contributed by atoms with Crippen molar-refractivity contribution in [2.45, 2.75) is 20.3 Å². The number of para-hydroxylation sites is 1. The van der Waals surface area contributed by atoms with E-state index < -0.39 is 0 Å². The fourth-order valence-electron chi connectivity index (χ4n) is 2.75. The number of nitrogens with two attached hydrogens (primary N) is 1. The van der Waals surface area contributed by atoms with Gasteiger partial charge in [0.1, 0.15) is 4.99 Å². The Morgan fingerprint density at radius 1 is 1.48 bits per heavy atom. The first-order valence-electron chi connectivity index (χ1n) is 7.38. The van der Waals surface area contributed by atoms with Gasteiger partial charge in [-0.15, -0.1) is 0 Å². The number of amides is 1. The number of thiocarbonyl (C=S) groups is 1. The summed E-state index contributed by atoms with van der Waals surface area (Å²) in [4.78, 5) is 14.7. The number of likely N-dealkylation sites (tertiary alicyclic amines) is 1. The molecule has 1 aromatic carbocycles. The van der Waals surface area contributed by atoms with Gasteiger partial charge in [-0.1, -0.05) is 38.2 Å². The van der Waals surface area contributed by atoms with E-state index >= 15 is 0 Å². The number of hydrogen-bond donors (Lipinski definition) is 2. The van der Waals surface area contributed by atoms with Gasteiger partial charge in [-0.3, -0.25) is 9.69 Å². The van der Waals surface area contributed by atoms with Crippen molar-refractivity contribution >= 4 is 28.8 Å². The third-order valence-electron chi connectivity index (χ3n) is 4.09. The number of anilines is 1. The molecule has 21 heavy (non-hydrogen) atoms. The molecule has 114 valence electrons. The molecule has 1 fully saturated rings. The molecule has 5 heteroatoms. The maximum Gasteiger partial charge on any atom is 0.238 e. The summed E-state index contributed by atoms with van der Waals surface area (Å²) in [5.74, 6) is 1.36. The number of carbonyl (C=O) groups excluding carboxylic acids is 1. The first-order chi connectivity index (χ1) is 9.97. The minimum atomic E-state index is -0.0110. The lowest BCUT2D eigenvalue weighted by Gasteiger charge is -2.18. The van der Waals surface area contributed by atoms with Crippen LogP contribution in [0, 0.1) is 11.8 Å². The zero-order chi connectivity index (χ0) is 15.4. The minimum Gasteiger partial charge on any atom is -0.389 e. The van der Waals surface area contributed by atoms with Gasteiger partial charge < -0.3 is 11.1 Å². The van der Waals surface area contributed by atoms with Crippen molar-refractivity contribution in [3.8, 4) is 0 Å². The van der Waals surface area contributed by atoms with Crippen molar-refractivity contribution < 1.29 is 4.79 Å². The Balaban J connectivity index is 1.93. The number of hydrogen-bond acceptors (Lipinski definition) is 3. The predicted octanol–water partition coefficient (Wildman–Crippen LogP) is 2.24. The van der Waals surface area contributed by atoms with E-state index in [0.717, 1.165) is 13.1 Å². The van der Waals surface area contributed by atoms with Crippen molar-refractivity contribution in [3.05, 3.63) is 29.8 Å². The molecule has 1 saturated heterocycles. The van der Waals surface area contributed by atoms with Gasteiger partial charge in [0.15, 0.2) is 0 Å². The molecule has 0 aromatic heterocycles. The molecular formula is C16H23N3OS. The average molecular weight is 305 g/mol. The molecule has 1 aliphatic heterocycles. The number of rotatable bonds is 5. The molecule has 1 unspecified atom stereocenters. The Kier molecular flexibility index (Phi) is 5.31. The first kappa shape index (κ1) is 15.9. The number of nitrogens with zero attached hydrogens (tertiary/aromatic N) is 1. The van der Waals surface area contributed by atoms with Crippen LogP contribution >= 0.6 is 12.2 Å². The van der Waals surface area contributed by atoms with Crippen molar-refractivity contribution in [2.75, 3.05) is 25.0 Å². The van der Waals surface area contributed by atoms with E-state index in [1.165, 1.54) is 6.42 Å². The quantitative estimate of drug-likeness (QED) is 0.819. The molecule has 1 aromatic rings. The Bertz CT molecular complexity index is 530. The molecule has 0 aliphatic carbocycles. The lowest BCUT2D eigenvalue weighted by molar-refractivity contribution is -0.117. The molecule has 0 saturated carbocycles. The van der Waals surface area contributed by atoms with Crippen molar-refractivity contribution in [3.63, 3.8) is 0 Å². The van der Waals surface area contributed by atoms with Crippen molar-refractivity contribution in [2.24, 2.45) is 17.6 Å². The maximum absolute atomic E-state index is 12.2. The molecule has 0 spiro atoms. The summed E-state index contributed by atoms with van der Waals surface area (Å²) >= 11 is 5.01. The highest BCUT2D eigenvalue weighted by molar-refractivity contribution is 7.80. The van der Waals surface area contributed by atoms with Gasteiger partial charge in [-0.2, -0.15) is 0 Å². The normalized spacial score (nSPS) is 18.9. The van der Waals surface area contributed by atoms with E-state index in [1.807, 2.05) is 24.3 Å². The van der Waals surface area contributed by atoms with Gasteiger partial charge >= 0.3 is 0 Å². The highest BCUT2D eigenvalue weighted by Gasteiger charge is 2.26. The van der Waals surface area contributed by atoms with E-state index in [9.17, 15) is 4.79 Å². The highest BCUT2D eigenvalue weighted by atomic mass is 32.1. The van der Waals surface area contributed by atoms with Crippen LogP contribution in [0.15, 0.2) is 24.3 Å². The molecular weight excluding hydrogens is 282 g/mol. The van der Waals surface area contributed by atoms with Crippen molar-refractivity contribution in [1.29, 1.82) is 0 Å². The van der Waals surface area contributed by atoms with Crippen LogP contribution < -0.4 is 11.1 Å². The summed E-state index contributed by atoms with van der Waals surface area (Å²) in [6.07, 6.45) is 1.18. The average Bonchev–Trinajstić information content (AvgIpc) is 2.87. The molecule has 2 rings (SSSR count). The van der Waals surface area contributed by atoms with Crippen LogP contribution in [0.4, 0.5) is 5.69 Å². The van der Waals surface area contributed by atoms with E-state index in [0.29, 0.717) is 34.6 Å². The van der Waals surface area contributed by atoms with Gasteiger partial charge in [-0.25, -0.2) is 0 Å². The van der Waals surface area contributed by atoms with Crippen LogP contribution in [-0.4, -0.2) is 35.4 Å². The molecule has 1 heterocycles. The standard InChI is InChI=1S/C16H23N3OS/c1-11(2)12-7-8-19(9-12)10-15(20)18-14-6-4-3-5-13(14)16(17)21/h3-6,11-12H,7-10H2,1-2H3,(H2,17,21)(H,18,20). The predicted molar refractivity (Wildman–Crippen MR) is 90.3 cm³/mol. The van der Waals surface area contributed by atoms with Gasteiger partial charge in [0.25, 0.3) is 0 Å². The van der Waals surface area contributed by atoms with Crippen LogP contribution in [-0.2, 0) is 4.79 Å². The third-order valence-corrected chi connectivity index (χ3v) is 4.31. The second-order valence-corrected chi connectivity index (χ2v) is 6.43. The van der Waals surface area contributed by atoms with Crippen LogP contribution in [0.1, 0.15) is 25.8 Å². The molecule has 3 N–H and O–H groups in total. The second-order valence-electron chi connectivity index (χ2n) is 5.99. The fourth-order valence-corrected chi connectivity index (χ4v) is 2.93. The summed E-state index contributed by atoms with van der Waals surface area (Å²) in [5.41, 5.74) is 7.08. The van der Waals surface area contributed by atoms with Crippen LogP contribution in [0.5, 0.6) is 0 Å². The topological polar surface area (TPSA) is 58.4 Å². The number of benzene rings is 1. The minimum absolute atomic E-state index is 0.0110. The summed E-state index contributed by atoms with van der Waals surface area (Å²) < 4.78 is 0. The van der Waals surface area contributed by atoms with E-state index in [2.05, 4.69) is 24.1 Å². The van der Waals surface area contributed by atoms with Gasteiger partial charge in [-0.05, 0) is 36.9 Å². The summed E-state index contributed by atoms with van der Waals surface area (Å²) in [6, 6.07) is 7.37. The highest BCUT2D eigenvalue weighted by Crippen LogP contribution is 2.23. The smallest absolute Gasteiger partial charge is 0.238 e. The first-order valence-corrected chi connectivity index (χ1v) is 7.79. The van der Waals surface area contributed by atoms with Gasteiger partial charge in [0, 0.05) is 12.1 Å². The fraction of sp³-hybridized carbons (Fsp3) is 0.500. The Hall–Kier alpha value is -1.46. The molecule has 0 bridgehead atoms.